The summed E-state index contributed by atoms with van der Waals surface area (Å²) < 4.78 is 62.3. The molecular formula is C29H43F2N3O4S. The number of amides is 1. The Balaban J connectivity index is 2.17. The van der Waals surface area contributed by atoms with Crippen LogP contribution in [0.25, 0.3) is 0 Å². The summed E-state index contributed by atoms with van der Waals surface area (Å²) in [6.45, 7) is 6.11. The third-order valence-electron chi connectivity index (χ3n) is 6.49. The lowest BCUT2D eigenvalue weighted by Gasteiger charge is -2.27. The van der Waals surface area contributed by atoms with Crippen molar-refractivity contribution in [1.82, 2.24) is 10.6 Å². The van der Waals surface area contributed by atoms with Crippen molar-refractivity contribution in [2.45, 2.75) is 89.3 Å². The predicted octanol–water partition coefficient (Wildman–Crippen LogP) is 3.42. The molecule has 0 aliphatic rings. The number of sulfone groups is 1. The molecule has 39 heavy (non-hydrogen) atoms. The molecule has 0 aliphatic heterocycles. The highest BCUT2D eigenvalue weighted by molar-refractivity contribution is 7.92. The van der Waals surface area contributed by atoms with Crippen LogP contribution in [0.2, 0.25) is 0 Å². The molecule has 0 radical (unpaired) electrons. The molecule has 0 saturated heterocycles. The van der Waals surface area contributed by atoms with Crippen LogP contribution in [-0.2, 0) is 34.0 Å². The molecule has 0 aliphatic carbocycles. The second-order valence-electron chi connectivity index (χ2n) is 9.90. The first kappa shape index (κ1) is 31.1. The van der Waals surface area contributed by atoms with Crippen LogP contribution in [0.15, 0.2) is 42.5 Å². The zero-order valence-corrected chi connectivity index (χ0v) is 23.9. The summed E-state index contributed by atoms with van der Waals surface area (Å²) in [7, 11) is -4.06. The molecule has 1 amide bonds. The van der Waals surface area contributed by atoms with E-state index in [0.29, 0.717) is 19.4 Å². The molecular weight excluding hydrogens is 524 g/mol. The zero-order valence-electron chi connectivity index (χ0n) is 24.1. The Morgan fingerprint density at radius 1 is 1.03 bits per heavy atom. The highest BCUT2D eigenvalue weighted by Gasteiger charge is 2.31. The SMILES string of the molecule is [2H]C(CCC)(CCC)S(=O)(=O)C[C@H](N)C(=O)N[C@@H](Cc1cc(F)cc(F)c1)[C@H](O)CNCc1cccc(CC)c1. The molecule has 0 bridgehead atoms. The van der Waals surface area contributed by atoms with E-state index in [2.05, 4.69) is 10.6 Å². The van der Waals surface area contributed by atoms with E-state index in [1.165, 1.54) is 0 Å². The molecule has 2 rings (SSSR count). The lowest BCUT2D eigenvalue weighted by Crippen LogP contribution is -2.54. The fourth-order valence-corrected chi connectivity index (χ4v) is 6.34. The topological polar surface area (TPSA) is 122 Å². The molecule has 0 heterocycles. The third-order valence-corrected chi connectivity index (χ3v) is 8.57. The van der Waals surface area contributed by atoms with Gasteiger partial charge in [-0.05, 0) is 54.5 Å². The molecule has 3 atom stereocenters. The van der Waals surface area contributed by atoms with Crippen molar-refractivity contribution in [3.63, 3.8) is 0 Å². The van der Waals surface area contributed by atoms with Crippen LogP contribution in [0.1, 0.15) is 64.5 Å². The minimum Gasteiger partial charge on any atom is -0.390 e. The Bertz CT molecular complexity index is 1190. The number of aryl methyl sites for hydroxylation is 1. The average Bonchev–Trinajstić information content (AvgIpc) is 2.87. The molecule has 10 heteroatoms. The van der Waals surface area contributed by atoms with Gasteiger partial charge in [0, 0.05) is 20.5 Å². The second kappa shape index (κ2) is 16.0. The van der Waals surface area contributed by atoms with Crippen LogP contribution >= 0.6 is 0 Å². The van der Waals surface area contributed by atoms with Gasteiger partial charge in [0.1, 0.15) is 11.6 Å². The Hall–Kier alpha value is -2.40. The number of carbonyl (C=O) groups excluding carboxylic acids is 1. The smallest absolute Gasteiger partial charge is 0.238 e. The number of benzene rings is 2. The normalized spacial score (nSPS) is 14.9. The molecule has 5 N–H and O–H groups in total. The Labute approximate surface area is 232 Å². The van der Waals surface area contributed by atoms with Crippen molar-refractivity contribution in [2.75, 3.05) is 12.3 Å². The number of aliphatic hydroxyl groups excluding tert-OH is 1. The van der Waals surface area contributed by atoms with Crippen LogP contribution in [0.5, 0.6) is 0 Å². The number of hydrogen-bond donors (Lipinski definition) is 4. The number of halogens is 2. The molecule has 0 saturated carbocycles. The van der Waals surface area contributed by atoms with E-state index < -0.39 is 56.5 Å². The monoisotopic (exact) mass is 568 g/mol. The highest BCUT2D eigenvalue weighted by Crippen LogP contribution is 2.17. The average molecular weight is 569 g/mol. The molecule has 2 aromatic rings. The zero-order chi connectivity index (χ0) is 29.9. The van der Waals surface area contributed by atoms with Gasteiger partial charge in [-0.3, -0.25) is 4.79 Å². The van der Waals surface area contributed by atoms with E-state index in [9.17, 15) is 27.1 Å². The van der Waals surface area contributed by atoms with Gasteiger partial charge in [0.15, 0.2) is 9.84 Å². The lowest BCUT2D eigenvalue weighted by molar-refractivity contribution is -0.123. The number of nitrogens with one attached hydrogen (secondary N) is 2. The maximum atomic E-state index is 13.8. The highest BCUT2D eigenvalue weighted by atomic mass is 32.2. The lowest BCUT2D eigenvalue weighted by atomic mass is 10.00. The summed E-state index contributed by atoms with van der Waals surface area (Å²) >= 11 is 0. The summed E-state index contributed by atoms with van der Waals surface area (Å²) in [5.41, 5.74) is 8.37. The van der Waals surface area contributed by atoms with Crippen molar-refractivity contribution >= 4 is 15.7 Å². The summed E-state index contributed by atoms with van der Waals surface area (Å²) in [5, 5.41) is 14.9. The molecule has 2 aromatic carbocycles. The van der Waals surface area contributed by atoms with Crippen molar-refractivity contribution in [3.8, 4) is 0 Å². The Morgan fingerprint density at radius 3 is 2.23 bits per heavy atom. The number of rotatable bonds is 17. The molecule has 218 valence electrons. The van der Waals surface area contributed by atoms with E-state index in [4.69, 9.17) is 7.10 Å². The predicted molar refractivity (Wildman–Crippen MR) is 151 cm³/mol. The van der Waals surface area contributed by atoms with E-state index in [0.717, 1.165) is 35.7 Å². The first-order valence-electron chi connectivity index (χ1n) is 14.0. The van der Waals surface area contributed by atoms with Crippen molar-refractivity contribution in [3.05, 3.63) is 70.8 Å². The number of aliphatic hydroxyl groups is 1. The molecule has 0 fully saturated rings. The van der Waals surface area contributed by atoms with E-state index in [1.54, 1.807) is 13.8 Å². The van der Waals surface area contributed by atoms with Gasteiger partial charge in [-0.15, -0.1) is 0 Å². The van der Waals surface area contributed by atoms with Gasteiger partial charge < -0.3 is 21.5 Å². The minimum absolute atomic E-state index is 0.0372. The number of carbonyl (C=O) groups is 1. The Morgan fingerprint density at radius 2 is 1.64 bits per heavy atom. The van der Waals surface area contributed by atoms with Crippen molar-refractivity contribution < 1.29 is 28.5 Å². The quantitative estimate of drug-likeness (QED) is 0.232. The Kier molecular flexibility index (Phi) is 12.8. The maximum absolute atomic E-state index is 13.8. The summed E-state index contributed by atoms with van der Waals surface area (Å²) in [6.07, 6.45) is 0.777. The van der Waals surface area contributed by atoms with Gasteiger partial charge >= 0.3 is 0 Å². The first-order chi connectivity index (χ1) is 18.8. The fourth-order valence-electron chi connectivity index (χ4n) is 4.45. The summed E-state index contributed by atoms with van der Waals surface area (Å²) in [4.78, 5) is 13.0. The van der Waals surface area contributed by atoms with Crippen LogP contribution in [-0.4, -0.2) is 55.1 Å². The molecule has 0 aromatic heterocycles. The third kappa shape index (κ3) is 10.9. The van der Waals surface area contributed by atoms with Crippen LogP contribution in [0, 0.1) is 11.6 Å². The molecule has 7 nitrogen and oxygen atoms in total. The van der Waals surface area contributed by atoms with Crippen LogP contribution in [0.4, 0.5) is 8.78 Å². The first-order valence-corrected chi connectivity index (χ1v) is 15.2. The molecule has 0 unspecified atom stereocenters. The van der Waals surface area contributed by atoms with Gasteiger partial charge in [-0.2, -0.15) is 0 Å². The largest absolute Gasteiger partial charge is 0.390 e. The van der Waals surface area contributed by atoms with Gasteiger partial charge in [0.2, 0.25) is 5.91 Å². The van der Waals surface area contributed by atoms with Gasteiger partial charge in [-0.1, -0.05) is 57.9 Å². The van der Waals surface area contributed by atoms with Gasteiger partial charge in [-0.25, -0.2) is 17.2 Å². The summed E-state index contributed by atoms with van der Waals surface area (Å²) in [6, 6.07) is 8.35. The van der Waals surface area contributed by atoms with Crippen molar-refractivity contribution in [1.29, 1.82) is 0 Å². The van der Waals surface area contributed by atoms with E-state index in [1.807, 2.05) is 31.2 Å². The van der Waals surface area contributed by atoms with Gasteiger partial charge in [0.05, 0.1) is 29.2 Å². The summed E-state index contributed by atoms with van der Waals surface area (Å²) in [5.74, 6) is -3.17. The van der Waals surface area contributed by atoms with Crippen LogP contribution in [0.3, 0.4) is 0 Å². The maximum Gasteiger partial charge on any atom is 0.238 e. The van der Waals surface area contributed by atoms with Crippen LogP contribution < -0.4 is 16.4 Å². The van der Waals surface area contributed by atoms with E-state index in [-0.39, 0.29) is 31.4 Å². The molecule has 0 spiro atoms. The van der Waals surface area contributed by atoms with Crippen molar-refractivity contribution in [2.24, 2.45) is 5.73 Å². The number of nitrogens with two attached hydrogens (primary N) is 1. The fraction of sp³-hybridized carbons (Fsp3) is 0.552. The van der Waals surface area contributed by atoms with Gasteiger partial charge in [0.25, 0.3) is 0 Å². The number of hydrogen-bond acceptors (Lipinski definition) is 6. The second-order valence-corrected chi connectivity index (χ2v) is 12.0. The van der Waals surface area contributed by atoms with E-state index >= 15 is 0 Å². The minimum atomic E-state index is -4.06. The standard InChI is InChI=1S/C29H43F2N3O4S/c1-4-8-25(9-5-2)39(37,38)19-26(32)29(36)34-27(15-22-13-23(30)16-24(31)14-22)28(35)18-33-17-21-11-7-10-20(6-3)12-21/h7,10-14,16,25-28,33,35H,4-6,8-9,15,17-19,32H2,1-3H3,(H,34,36)/t26-,27-,28+/m0/s1/i25D.